The zero-order chi connectivity index (χ0) is 24.4. The number of fused-ring (bicyclic) bond motifs is 1. The predicted molar refractivity (Wildman–Crippen MR) is 124 cm³/mol. The van der Waals surface area contributed by atoms with Crippen LogP contribution >= 0.6 is 0 Å². The van der Waals surface area contributed by atoms with Crippen LogP contribution in [0.4, 0.5) is 24.8 Å². The van der Waals surface area contributed by atoms with Crippen LogP contribution in [0.5, 0.6) is 11.5 Å². The Morgan fingerprint density at radius 2 is 1.94 bits per heavy atom. The van der Waals surface area contributed by atoms with Gasteiger partial charge in [-0.05, 0) is 31.5 Å². The third-order valence-corrected chi connectivity index (χ3v) is 6.10. The highest BCUT2D eigenvalue weighted by Gasteiger charge is 2.27. The topological polar surface area (TPSA) is 81.6 Å². The molecule has 0 bridgehead atoms. The van der Waals surface area contributed by atoms with Crippen LogP contribution in [0.3, 0.4) is 0 Å². The van der Waals surface area contributed by atoms with Crippen molar-refractivity contribution < 1.29 is 27.4 Å². The van der Waals surface area contributed by atoms with Crippen molar-refractivity contribution in [3.63, 3.8) is 0 Å². The van der Waals surface area contributed by atoms with Crippen LogP contribution in [-0.2, 0) is 4.74 Å². The Morgan fingerprint density at radius 3 is 2.66 bits per heavy atom. The number of halogens is 3. The van der Waals surface area contributed by atoms with E-state index in [1.165, 1.54) is 12.1 Å². The molecule has 35 heavy (non-hydrogen) atoms. The van der Waals surface area contributed by atoms with E-state index in [0.29, 0.717) is 50.5 Å². The van der Waals surface area contributed by atoms with E-state index in [0.717, 1.165) is 29.5 Å². The van der Waals surface area contributed by atoms with Gasteiger partial charge in [0.05, 0.1) is 24.4 Å². The summed E-state index contributed by atoms with van der Waals surface area (Å²) in [4.78, 5) is 16.2. The Kier molecular flexibility index (Phi) is 6.76. The standard InChI is InChI=1S/C24H26F3N5O3/c1-14-10-19-20(12-28-14)30-22(29-15-6-9-33-13-15)23(31-19)32-7-4-16(5-8-32)34-21-3-2-17(11-18(21)25)35-24(26)27/h2-3,10-12,15-16,24H,4-9,13H2,1H3,(H,29,30). The summed E-state index contributed by atoms with van der Waals surface area (Å²) in [7, 11) is 0. The number of aryl methyl sites for hydroxylation is 1. The fourth-order valence-electron chi connectivity index (χ4n) is 4.33. The molecule has 2 aromatic heterocycles. The number of nitrogens with zero attached hydrogens (tertiary/aromatic N) is 4. The SMILES string of the molecule is Cc1cc2nc(N3CCC(Oc4ccc(OC(F)F)cc4F)CC3)c(NC3CCOC3)nc2cn1. The highest BCUT2D eigenvalue weighted by atomic mass is 19.3. The number of ether oxygens (including phenoxy) is 3. The van der Waals surface area contributed by atoms with Gasteiger partial charge in [0.2, 0.25) is 0 Å². The lowest BCUT2D eigenvalue weighted by molar-refractivity contribution is -0.0500. The Balaban J connectivity index is 1.30. The van der Waals surface area contributed by atoms with E-state index >= 15 is 0 Å². The first-order valence-electron chi connectivity index (χ1n) is 11.6. The Labute approximate surface area is 200 Å². The normalized spacial score (nSPS) is 18.9. The highest BCUT2D eigenvalue weighted by Crippen LogP contribution is 2.31. The summed E-state index contributed by atoms with van der Waals surface area (Å²) in [5.41, 5.74) is 2.35. The largest absolute Gasteiger partial charge is 0.487 e. The van der Waals surface area contributed by atoms with Crippen molar-refractivity contribution in [2.45, 2.75) is 44.9 Å². The molecule has 0 amide bonds. The molecule has 1 unspecified atom stereocenters. The minimum absolute atomic E-state index is 0.0159. The van der Waals surface area contributed by atoms with Gasteiger partial charge in [0.15, 0.2) is 23.2 Å². The third kappa shape index (κ3) is 5.50. The highest BCUT2D eigenvalue weighted by molar-refractivity contribution is 5.80. The average Bonchev–Trinajstić information content (AvgIpc) is 3.34. The van der Waals surface area contributed by atoms with E-state index in [2.05, 4.69) is 19.9 Å². The number of aromatic nitrogens is 3. The Bertz CT molecular complexity index is 1180. The maximum atomic E-state index is 14.3. The second-order valence-electron chi connectivity index (χ2n) is 8.69. The van der Waals surface area contributed by atoms with Crippen molar-refractivity contribution in [2.24, 2.45) is 0 Å². The van der Waals surface area contributed by atoms with Gasteiger partial charge in [-0.3, -0.25) is 4.98 Å². The number of hydrogen-bond donors (Lipinski definition) is 1. The smallest absolute Gasteiger partial charge is 0.387 e. The maximum absolute atomic E-state index is 14.3. The van der Waals surface area contributed by atoms with Gasteiger partial charge in [-0.1, -0.05) is 0 Å². The number of hydrogen-bond acceptors (Lipinski definition) is 8. The molecule has 11 heteroatoms. The zero-order valence-corrected chi connectivity index (χ0v) is 19.2. The summed E-state index contributed by atoms with van der Waals surface area (Å²) in [6, 6.07) is 5.57. The van der Waals surface area contributed by atoms with Crippen LogP contribution in [0.25, 0.3) is 11.0 Å². The molecule has 8 nitrogen and oxygen atoms in total. The van der Waals surface area contributed by atoms with Gasteiger partial charge < -0.3 is 24.4 Å². The molecule has 2 aliphatic rings. The average molecular weight is 489 g/mol. The van der Waals surface area contributed by atoms with Crippen molar-refractivity contribution in [1.82, 2.24) is 15.0 Å². The molecular formula is C24H26F3N5O3. The van der Waals surface area contributed by atoms with Gasteiger partial charge in [0.25, 0.3) is 0 Å². The van der Waals surface area contributed by atoms with Gasteiger partial charge in [0, 0.05) is 44.3 Å². The maximum Gasteiger partial charge on any atom is 0.387 e. The summed E-state index contributed by atoms with van der Waals surface area (Å²) in [6.07, 6.45) is 3.67. The molecule has 1 aromatic carbocycles. The van der Waals surface area contributed by atoms with Gasteiger partial charge in [-0.25, -0.2) is 14.4 Å². The molecular weight excluding hydrogens is 463 g/mol. The van der Waals surface area contributed by atoms with Crippen LogP contribution in [0, 0.1) is 12.7 Å². The molecule has 0 radical (unpaired) electrons. The fourth-order valence-corrected chi connectivity index (χ4v) is 4.33. The number of piperidine rings is 1. The number of pyridine rings is 1. The second kappa shape index (κ2) is 10.1. The lowest BCUT2D eigenvalue weighted by Gasteiger charge is -2.34. The molecule has 0 aliphatic carbocycles. The number of anilines is 2. The van der Waals surface area contributed by atoms with Crippen LogP contribution in [0.2, 0.25) is 0 Å². The molecule has 2 aliphatic heterocycles. The van der Waals surface area contributed by atoms with Crippen molar-refractivity contribution in [2.75, 3.05) is 36.5 Å². The van der Waals surface area contributed by atoms with Crippen molar-refractivity contribution in [1.29, 1.82) is 0 Å². The van der Waals surface area contributed by atoms with E-state index < -0.39 is 12.4 Å². The molecule has 186 valence electrons. The molecule has 2 saturated heterocycles. The second-order valence-corrected chi connectivity index (χ2v) is 8.69. The number of benzene rings is 1. The summed E-state index contributed by atoms with van der Waals surface area (Å²) in [5, 5.41) is 3.48. The van der Waals surface area contributed by atoms with Crippen LogP contribution in [0.15, 0.2) is 30.5 Å². The molecule has 1 atom stereocenters. The van der Waals surface area contributed by atoms with Crippen molar-refractivity contribution in [3.8, 4) is 11.5 Å². The van der Waals surface area contributed by atoms with Crippen LogP contribution < -0.4 is 19.7 Å². The van der Waals surface area contributed by atoms with Crippen molar-refractivity contribution >= 4 is 22.7 Å². The van der Waals surface area contributed by atoms with Gasteiger partial charge in [-0.2, -0.15) is 8.78 Å². The van der Waals surface area contributed by atoms with Crippen LogP contribution in [-0.4, -0.2) is 60.0 Å². The van der Waals surface area contributed by atoms with E-state index in [9.17, 15) is 13.2 Å². The Morgan fingerprint density at radius 1 is 1.11 bits per heavy atom. The lowest BCUT2D eigenvalue weighted by Crippen LogP contribution is -2.39. The summed E-state index contributed by atoms with van der Waals surface area (Å²) >= 11 is 0. The molecule has 0 saturated carbocycles. The summed E-state index contributed by atoms with van der Waals surface area (Å²) in [5.74, 6) is 0.488. The summed E-state index contributed by atoms with van der Waals surface area (Å²) in [6.45, 7) is 1.51. The third-order valence-electron chi connectivity index (χ3n) is 6.10. The quantitative estimate of drug-likeness (QED) is 0.526. The minimum Gasteiger partial charge on any atom is -0.487 e. The van der Waals surface area contributed by atoms with Gasteiger partial charge in [-0.15, -0.1) is 0 Å². The van der Waals surface area contributed by atoms with E-state index in [1.54, 1.807) is 6.20 Å². The first kappa shape index (κ1) is 23.4. The van der Waals surface area contributed by atoms with E-state index in [1.807, 2.05) is 13.0 Å². The number of rotatable bonds is 7. The summed E-state index contributed by atoms with van der Waals surface area (Å²) < 4.78 is 54.6. The number of nitrogens with one attached hydrogen (secondary N) is 1. The van der Waals surface area contributed by atoms with Crippen molar-refractivity contribution in [3.05, 3.63) is 42.0 Å². The monoisotopic (exact) mass is 489 g/mol. The molecule has 5 rings (SSSR count). The van der Waals surface area contributed by atoms with E-state index in [-0.39, 0.29) is 23.6 Å². The number of alkyl halides is 2. The zero-order valence-electron chi connectivity index (χ0n) is 19.2. The van der Waals surface area contributed by atoms with E-state index in [4.69, 9.17) is 19.4 Å². The minimum atomic E-state index is -3.01. The molecule has 3 aromatic rings. The molecule has 1 N–H and O–H groups in total. The first-order chi connectivity index (χ1) is 16.9. The molecule has 2 fully saturated rings. The molecule has 4 heterocycles. The van der Waals surface area contributed by atoms with Crippen LogP contribution in [0.1, 0.15) is 25.0 Å². The molecule has 0 spiro atoms. The fraction of sp³-hybridized carbons (Fsp3) is 0.458. The predicted octanol–water partition coefficient (Wildman–Crippen LogP) is 4.32. The Hall–Kier alpha value is -3.34. The first-order valence-corrected chi connectivity index (χ1v) is 11.6. The lowest BCUT2D eigenvalue weighted by atomic mass is 10.1. The van der Waals surface area contributed by atoms with Gasteiger partial charge >= 0.3 is 6.61 Å². The van der Waals surface area contributed by atoms with Gasteiger partial charge in [0.1, 0.15) is 17.4 Å².